The Labute approximate surface area is 371 Å². The summed E-state index contributed by atoms with van der Waals surface area (Å²) in [4.78, 5) is 0. The molecule has 2 aromatic heterocycles. The van der Waals surface area contributed by atoms with Crippen LogP contribution < -0.4 is 0 Å². The van der Waals surface area contributed by atoms with Gasteiger partial charge < -0.3 is 9.13 Å². The Morgan fingerprint density at radius 1 is 0.324 bits per heavy atom. The van der Waals surface area contributed by atoms with Gasteiger partial charge >= 0.3 is 30.9 Å². The first-order chi connectivity index (χ1) is 31.8. The third-order valence-corrected chi connectivity index (χ3v) is 11.5. The predicted molar refractivity (Wildman–Crippen MR) is 220 cm³/mol. The van der Waals surface area contributed by atoms with Crippen LogP contribution in [0.2, 0.25) is 0 Å². The van der Waals surface area contributed by atoms with Crippen molar-refractivity contribution >= 4 is 43.6 Å². The lowest BCUT2D eigenvalue weighted by Gasteiger charge is -2.20. The number of nitriles is 2. The van der Waals surface area contributed by atoms with Crippen LogP contribution in [-0.4, -0.2) is 9.13 Å². The SMILES string of the molecule is N#Cc1ccc(-c2ccc(-c3ccc(C(F)(F)F)cc3C#N)cc2-n2c3ccc(C(F)(F)F)cc3c3cc(C(F)(F)F)ccc32)c(-n2c3ccc(C(F)(F)F)cc3c3cc(C(F)(F)F)ccc32)c1. The molecule has 9 aromatic rings. The van der Waals surface area contributed by atoms with Crippen LogP contribution in [0.15, 0.2) is 127 Å². The first-order valence-corrected chi connectivity index (χ1v) is 19.5. The normalized spacial score (nSPS) is 12.9. The maximum Gasteiger partial charge on any atom is 0.416 e. The van der Waals surface area contributed by atoms with Gasteiger partial charge in [-0.1, -0.05) is 24.3 Å². The Morgan fingerprint density at radius 3 is 1.00 bits per heavy atom. The van der Waals surface area contributed by atoms with Crippen molar-refractivity contribution in [2.24, 2.45) is 0 Å². The second kappa shape index (κ2) is 15.3. The van der Waals surface area contributed by atoms with E-state index in [4.69, 9.17) is 0 Å². The summed E-state index contributed by atoms with van der Waals surface area (Å²) in [6, 6.07) is 23.2. The summed E-state index contributed by atoms with van der Waals surface area (Å²) in [5.41, 5.74) is -7.15. The lowest BCUT2D eigenvalue weighted by atomic mass is 9.93. The van der Waals surface area contributed by atoms with E-state index in [9.17, 15) is 76.4 Å². The van der Waals surface area contributed by atoms with Crippen molar-refractivity contribution in [2.75, 3.05) is 0 Å². The molecule has 4 nitrogen and oxygen atoms in total. The van der Waals surface area contributed by atoms with Crippen LogP contribution in [-0.2, 0) is 30.9 Å². The molecule has 0 bridgehead atoms. The molecule has 0 unspecified atom stereocenters. The molecular formula is C49H21F15N4. The molecular weight excluding hydrogens is 930 g/mol. The van der Waals surface area contributed by atoms with E-state index in [1.54, 1.807) is 6.07 Å². The number of rotatable bonds is 4. The van der Waals surface area contributed by atoms with Gasteiger partial charge in [0.1, 0.15) is 0 Å². The third kappa shape index (κ3) is 7.67. The minimum Gasteiger partial charge on any atom is -0.309 e. The molecule has 2 heterocycles. The van der Waals surface area contributed by atoms with Gasteiger partial charge in [-0.15, -0.1) is 0 Å². The molecule has 0 radical (unpaired) electrons. The average molecular weight is 951 g/mol. The summed E-state index contributed by atoms with van der Waals surface area (Å²) < 4.78 is 214. The summed E-state index contributed by atoms with van der Waals surface area (Å²) in [7, 11) is 0. The van der Waals surface area contributed by atoms with Crippen LogP contribution in [0.1, 0.15) is 38.9 Å². The van der Waals surface area contributed by atoms with Gasteiger partial charge in [0.05, 0.1) is 84.5 Å². The van der Waals surface area contributed by atoms with Gasteiger partial charge in [0.25, 0.3) is 0 Å². The second-order valence-electron chi connectivity index (χ2n) is 15.5. The van der Waals surface area contributed by atoms with Crippen LogP contribution in [0.25, 0.3) is 77.2 Å². The fourth-order valence-corrected chi connectivity index (χ4v) is 8.46. The maximum absolute atomic E-state index is 14.2. The van der Waals surface area contributed by atoms with E-state index in [1.165, 1.54) is 45.5 Å². The molecule has 9 rings (SSSR count). The zero-order chi connectivity index (χ0) is 49.0. The number of hydrogen-bond donors (Lipinski definition) is 0. The standard InChI is InChI=1S/C49H21F15N4/c50-45(51,52)27-3-10-32(26(16-27)23-66)25-2-9-34(44(17-25)68-41-13-6-30(48(59,60)61)20-37(41)38-21-31(49(62,63)64)7-14-42(38)68)33-8-1-24(22-65)15-43(33)67-39-11-4-28(46(53,54)55)18-35(39)36-19-29(47(56,57)58)5-12-40(36)67/h1-21H. The summed E-state index contributed by atoms with van der Waals surface area (Å²) in [6.07, 6.45) is -24.7. The molecule has 0 aliphatic heterocycles. The summed E-state index contributed by atoms with van der Waals surface area (Å²) in [6.45, 7) is 0. The van der Waals surface area contributed by atoms with Crippen molar-refractivity contribution in [2.45, 2.75) is 30.9 Å². The van der Waals surface area contributed by atoms with Gasteiger partial charge in [0, 0.05) is 32.7 Å². The molecule has 0 N–H and O–H groups in total. The van der Waals surface area contributed by atoms with Gasteiger partial charge in [-0.2, -0.15) is 76.4 Å². The van der Waals surface area contributed by atoms with Crippen molar-refractivity contribution in [1.82, 2.24) is 9.13 Å². The summed E-state index contributed by atoms with van der Waals surface area (Å²) >= 11 is 0. The van der Waals surface area contributed by atoms with Crippen molar-refractivity contribution in [1.29, 1.82) is 10.5 Å². The topological polar surface area (TPSA) is 57.4 Å². The van der Waals surface area contributed by atoms with Crippen molar-refractivity contribution < 1.29 is 65.9 Å². The Hall–Kier alpha value is -7.93. The van der Waals surface area contributed by atoms with Gasteiger partial charge in [-0.3, -0.25) is 0 Å². The van der Waals surface area contributed by atoms with Crippen LogP contribution in [0, 0.1) is 22.7 Å². The van der Waals surface area contributed by atoms with Crippen molar-refractivity contribution in [3.05, 3.63) is 166 Å². The smallest absolute Gasteiger partial charge is 0.309 e. The molecule has 0 saturated heterocycles. The van der Waals surface area contributed by atoms with E-state index >= 15 is 0 Å². The van der Waals surface area contributed by atoms with Crippen molar-refractivity contribution in [3.63, 3.8) is 0 Å². The predicted octanol–water partition coefficient (Wildman–Crippen LogP) is 16.1. The van der Waals surface area contributed by atoms with E-state index in [-0.39, 0.29) is 82.8 Å². The van der Waals surface area contributed by atoms with E-state index in [0.29, 0.717) is 60.7 Å². The number of nitrogens with zero attached hydrogens (tertiary/aromatic N) is 4. The molecule has 19 heteroatoms. The fourth-order valence-electron chi connectivity index (χ4n) is 8.46. The van der Waals surface area contributed by atoms with Crippen LogP contribution in [0.3, 0.4) is 0 Å². The molecule has 0 aliphatic rings. The zero-order valence-electron chi connectivity index (χ0n) is 33.6. The highest BCUT2D eigenvalue weighted by molar-refractivity contribution is 6.12. The fraction of sp³-hybridized carbons (Fsp3) is 0.102. The number of hydrogen-bond acceptors (Lipinski definition) is 2. The molecule has 0 amide bonds. The number of fused-ring (bicyclic) bond motifs is 6. The Balaban J connectivity index is 1.43. The Morgan fingerprint density at radius 2 is 0.647 bits per heavy atom. The zero-order valence-corrected chi connectivity index (χ0v) is 33.6. The molecule has 0 fully saturated rings. The van der Waals surface area contributed by atoms with Crippen LogP contribution >= 0.6 is 0 Å². The van der Waals surface area contributed by atoms with Gasteiger partial charge in [0.2, 0.25) is 0 Å². The largest absolute Gasteiger partial charge is 0.416 e. The van der Waals surface area contributed by atoms with Crippen LogP contribution in [0.4, 0.5) is 65.9 Å². The van der Waals surface area contributed by atoms with E-state index in [0.717, 1.165) is 30.3 Å². The average Bonchev–Trinajstić information content (AvgIpc) is 3.78. The highest BCUT2D eigenvalue weighted by Crippen LogP contribution is 2.46. The summed E-state index contributed by atoms with van der Waals surface area (Å²) in [5.74, 6) is 0. The van der Waals surface area contributed by atoms with E-state index in [2.05, 4.69) is 0 Å². The number of benzene rings is 7. The van der Waals surface area contributed by atoms with Gasteiger partial charge in [0.15, 0.2) is 0 Å². The quantitative estimate of drug-likeness (QED) is 0.165. The summed E-state index contributed by atoms with van der Waals surface area (Å²) in [5, 5.41) is 18.9. The lowest BCUT2D eigenvalue weighted by molar-refractivity contribution is -0.138. The van der Waals surface area contributed by atoms with Crippen molar-refractivity contribution in [3.8, 4) is 45.8 Å². The van der Waals surface area contributed by atoms with Crippen LogP contribution in [0.5, 0.6) is 0 Å². The molecule has 0 spiro atoms. The third-order valence-electron chi connectivity index (χ3n) is 11.5. The molecule has 0 atom stereocenters. The molecule has 7 aromatic carbocycles. The maximum atomic E-state index is 14.2. The second-order valence-corrected chi connectivity index (χ2v) is 15.5. The number of aromatic nitrogens is 2. The first kappa shape index (κ1) is 45.2. The Bertz CT molecular complexity index is 3500. The molecule has 0 aliphatic carbocycles. The lowest BCUT2D eigenvalue weighted by Crippen LogP contribution is -2.06. The minimum atomic E-state index is -4.98. The van der Waals surface area contributed by atoms with E-state index < -0.39 is 64.3 Å². The highest BCUT2D eigenvalue weighted by Gasteiger charge is 2.36. The number of halogens is 15. The molecule has 342 valence electrons. The highest BCUT2D eigenvalue weighted by atomic mass is 19.4. The molecule has 0 saturated carbocycles. The molecule has 68 heavy (non-hydrogen) atoms. The Kier molecular flexibility index (Phi) is 10.2. The number of alkyl halides is 15. The van der Waals surface area contributed by atoms with Gasteiger partial charge in [-0.05, 0) is 114 Å². The monoisotopic (exact) mass is 950 g/mol. The first-order valence-electron chi connectivity index (χ1n) is 19.5. The minimum absolute atomic E-state index is 0.0225. The van der Waals surface area contributed by atoms with Gasteiger partial charge in [-0.25, -0.2) is 0 Å². The van der Waals surface area contributed by atoms with E-state index in [1.807, 2.05) is 6.07 Å².